The monoisotopic (exact) mass is 467 g/mol. The molecule has 0 unspecified atom stereocenters. The van der Waals surface area contributed by atoms with Crippen LogP contribution in [0.3, 0.4) is 0 Å². The van der Waals surface area contributed by atoms with Gasteiger partial charge in [0.15, 0.2) is 5.96 Å². The van der Waals surface area contributed by atoms with Crippen LogP contribution < -0.4 is 11.1 Å². The standard InChI is InChI=1S/C27H21N3.BrH/c28-27(29-21-9-11-25-19(15-21)13-17-5-1-3-7-23(17)25)30-22-10-12-26-20(16-22)14-18-6-2-4-8-24(18)26;/h1-12,15-16H,13-14H2,(H3,28,29,30);1H. The highest BCUT2D eigenvalue weighted by molar-refractivity contribution is 8.93. The summed E-state index contributed by atoms with van der Waals surface area (Å²) in [5.41, 5.74) is 18.7. The molecule has 3 N–H and O–H groups in total. The van der Waals surface area contributed by atoms with E-state index in [4.69, 9.17) is 5.73 Å². The Balaban J connectivity index is 0.00000204. The third-order valence-corrected chi connectivity index (χ3v) is 6.09. The molecule has 4 aromatic rings. The van der Waals surface area contributed by atoms with Crippen LogP contribution in [0.4, 0.5) is 11.4 Å². The number of nitrogens with zero attached hydrogens (tertiary/aromatic N) is 1. The fraction of sp³-hybridized carbons (Fsp3) is 0.0741. The Morgan fingerprint density at radius 3 is 1.87 bits per heavy atom. The lowest BCUT2D eigenvalue weighted by atomic mass is 10.1. The fourth-order valence-corrected chi connectivity index (χ4v) is 4.74. The Labute approximate surface area is 192 Å². The van der Waals surface area contributed by atoms with Gasteiger partial charge >= 0.3 is 0 Å². The molecule has 0 saturated carbocycles. The van der Waals surface area contributed by atoms with Crippen LogP contribution in [0.25, 0.3) is 22.3 Å². The summed E-state index contributed by atoms with van der Waals surface area (Å²) in [6.07, 6.45) is 1.91. The van der Waals surface area contributed by atoms with Crippen LogP contribution in [0.2, 0.25) is 0 Å². The van der Waals surface area contributed by atoms with Gasteiger partial charge in [0, 0.05) is 5.69 Å². The first-order chi connectivity index (χ1) is 14.7. The maximum Gasteiger partial charge on any atom is 0.198 e. The molecular formula is C27H22BrN3. The molecule has 2 aliphatic carbocycles. The minimum absolute atomic E-state index is 0. The number of benzene rings is 4. The summed E-state index contributed by atoms with van der Waals surface area (Å²) in [6.45, 7) is 0. The molecule has 0 fully saturated rings. The van der Waals surface area contributed by atoms with Gasteiger partial charge in [-0.15, -0.1) is 17.0 Å². The van der Waals surface area contributed by atoms with Gasteiger partial charge in [0.05, 0.1) is 5.69 Å². The third-order valence-electron chi connectivity index (χ3n) is 6.09. The maximum atomic E-state index is 6.24. The average Bonchev–Trinajstić information content (AvgIpc) is 3.30. The number of guanidine groups is 1. The quantitative estimate of drug-likeness (QED) is 0.226. The van der Waals surface area contributed by atoms with Crippen molar-refractivity contribution >= 4 is 34.3 Å². The molecule has 0 amide bonds. The summed E-state index contributed by atoms with van der Waals surface area (Å²) < 4.78 is 0. The molecule has 0 aliphatic heterocycles. The topological polar surface area (TPSA) is 50.4 Å². The van der Waals surface area contributed by atoms with Gasteiger partial charge in [-0.05, 0) is 81.6 Å². The predicted molar refractivity (Wildman–Crippen MR) is 135 cm³/mol. The largest absolute Gasteiger partial charge is 0.369 e. The van der Waals surface area contributed by atoms with Crippen LogP contribution in [0, 0.1) is 0 Å². The maximum absolute atomic E-state index is 6.24. The molecule has 4 aromatic carbocycles. The van der Waals surface area contributed by atoms with E-state index in [2.05, 4.69) is 89.2 Å². The first-order valence-electron chi connectivity index (χ1n) is 10.3. The Morgan fingerprint density at radius 1 is 0.645 bits per heavy atom. The number of nitrogens with one attached hydrogen (secondary N) is 1. The smallest absolute Gasteiger partial charge is 0.198 e. The normalized spacial score (nSPS) is 13.0. The third kappa shape index (κ3) is 3.43. The minimum atomic E-state index is 0. The molecule has 4 heteroatoms. The van der Waals surface area contributed by atoms with Gasteiger partial charge in [0.1, 0.15) is 0 Å². The Hall–Kier alpha value is -3.37. The van der Waals surface area contributed by atoms with Gasteiger partial charge in [-0.25, -0.2) is 4.99 Å². The van der Waals surface area contributed by atoms with Crippen molar-refractivity contribution in [2.24, 2.45) is 10.7 Å². The van der Waals surface area contributed by atoms with E-state index >= 15 is 0 Å². The number of hydrogen-bond acceptors (Lipinski definition) is 1. The van der Waals surface area contributed by atoms with Crippen molar-refractivity contribution in [2.75, 3.05) is 5.32 Å². The summed E-state index contributed by atoms with van der Waals surface area (Å²) in [6, 6.07) is 29.9. The summed E-state index contributed by atoms with van der Waals surface area (Å²) in [7, 11) is 0. The van der Waals surface area contributed by atoms with E-state index in [-0.39, 0.29) is 17.0 Å². The lowest BCUT2D eigenvalue weighted by Gasteiger charge is -2.09. The van der Waals surface area contributed by atoms with Crippen LogP contribution >= 0.6 is 17.0 Å². The number of hydrogen-bond donors (Lipinski definition) is 2. The van der Waals surface area contributed by atoms with Gasteiger partial charge in [-0.3, -0.25) is 0 Å². The molecule has 0 atom stereocenters. The van der Waals surface area contributed by atoms with Gasteiger partial charge in [0.25, 0.3) is 0 Å². The lowest BCUT2D eigenvalue weighted by molar-refractivity contribution is 1.26. The van der Waals surface area contributed by atoms with E-state index in [1.807, 2.05) is 6.07 Å². The molecule has 3 nitrogen and oxygen atoms in total. The van der Waals surface area contributed by atoms with Gasteiger partial charge < -0.3 is 11.1 Å². The fourth-order valence-electron chi connectivity index (χ4n) is 4.74. The van der Waals surface area contributed by atoms with E-state index in [1.165, 1.54) is 44.5 Å². The Bertz CT molecular complexity index is 1340. The summed E-state index contributed by atoms with van der Waals surface area (Å²) in [4.78, 5) is 4.61. The lowest BCUT2D eigenvalue weighted by Crippen LogP contribution is -2.22. The first kappa shape index (κ1) is 19.6. The molecule has 0 aromatic heterocycles. The van der Waals surface area contributed by atoms with Crippen molar-refractivity contribution in [3.63, 3.8) is 0 Å². The number of anilines is 1. The Morgan fingerprint density at radius 2 is 1.19 bits per heavy atom. The number of fused-ring (bicyclic) bond motifs is 6. The molecule has 0 saturated heterocycles. The summed E-state index contributed by atoms with van der Waals surface area (Å²) in [5.74, 6) is 0.404. The van der Waals surface area contributed by atoms with E-state index < -0.39 is 0 Å². The van der Waals surface area contributed by atoms with Gasteiger partial charge in [0.2, 0.25) is 0 Å². The van der Waals surface area contributed by atoms with Gasteiger partial charge in [-0.2, -0.15) is 0 Å². The molecule has 152 valence electrons. The zero-order valence-electron chi connectivity index (χ0n) is 16.9. The zero-order chi connectivity index (χ0) is 20.1. The molecular weight excluding hydrogens is 446 g/mol. The number of halogens is 1. The van der Waals surface area contributed by atoms with Crippen molar-refractivity contribution in [1.82, 2.24) is 0 Å². The molecule has 2 aliphatic rings. The molecule has 31 heavy (non-hydrogen) atoms. The molecule has 6 rings (SSSR count). The zero-order valence-corrected chi connectivity index (χ0v) is 18.6. The number of rotatable bonds is 2. The van der Waals surface area contributed by atoms with Crippen molar-refractivity contribution in [3.05, 3.63) is 107 Å². The average molecular weight is 468 g/mol. The van der Waals surface area contributed by atoms with Gasteiger partial charge in [-0.1, -0.05) is 60.7 Å². The van der Waals surface area contributed by atoms with E-state index in [0.29, 0.717) is 5.96 Å². The summed E-state index contributed by atoms with van der Waals surface area (Å²) in [5, 5.41) is 3.26. The van der Waals surface area contributed by atoms with Crippen molar-refractivity contribution in [3.8, 4) is 22.3 Å². The second-order valence-corrected chi connectivity index (χ2v) is 8.00. The van der Waals surface area contributed by atoms with Crippen LogP contribution in [-0.2, 0) is 12.8 Å². The van der Waals surface area contributed by atoms with Crippen LogP contribution in [0.1, 0.15) is 22.3 Å². The highest BCUT2D eigenvalue weighted by atomic mass is 79.9. The molecule has 0 bridgehead atoms. The Kier molecular flexibility index (Phi) is 4.87. The van der Waals surface area contributed by atoms with E-state index in [0.717, 1.165) is 24.2 Å². The highest BCUT2D eigenvalue weighted by Gasteiger charge is 2.19. The van der Waals surface area contributed by atoms with Crippen molar-refractivity contribution in [2.45, 2.75) is 12.8 Å². The number of nitrogens with two attached hydrogens (primary N) is 1. The second-order valence-electron chi connectivity index (χ2n) is 8.00. The highest BCUT2D eigenvalue weighted by Crippen LogP contribution is 2.39. The molecule has 0 spiro atoms. The predicted octanol–water partition coefficient (Wildman–Crippen LogP) is 6.47. The van der Waals surface area contributed by atoms with Crippen LogP contribution in [-0.4, -0.2) is 5.96 Å². The van der Waals surface area contributed by atoms with Crippen molar-refractivity contribution < 1.29 is 0 Å². The van der Waals surface area contributed by atoms with Crippen LogP contribution in [0.15, 0.2) is 89.9 Å². The SMILES string of the molecule is Br.NC(=Nc1ccc2c(c1)Cc1ccccc1-2)Nc1ccc2c(c1)Cc1ccccc1-2. The summed E-state index contributed by atoms with van der Waals surface area (Å²) >= 11 is 0. The second kappa shape index (κ2) is 7.71. The van der Waals surface area contributed by atoms with E-state index in [9.17, 15) is 0 Å². The van der Waals surface area contributed by atoms with Crippen LogP contribution in [0.5, 0.6) is 0 Å². The number of aliphatic imine (C=N–C) groups is 1. The minimum Gasteiger partial charge on any atom is -0.369 e. The van der Waals surface area contributed by atoms with E-state index in [1.54, 1.807) is 0 Å². The van der Waals surface area contributed by atoms with Crippen molar-refractivity contribution in [1.29, 1.82) is 0 Å². The first-order valence-corrected chi connectivity index (χ1v) is 10.3. The molecule has 0 heterocycles. The molecule has 0 radical (unpaired) electrons.